The van der Waals surface area contributed by atoms with Gasteiger partial charge in [-0.25, -0.2) is 9.97 Å². The summed E-state index contributed by atoms with van der Waals surface area (Å²) in [7, 11) is 3.04. The minimum Gasteiger partial charge on any atom is -0.495 e. The lowest BCUT2D eigenvalue weighted by Crippen LogP contribution is -2.45. The van der Waals surface area contributed by atoms with Crippen molar-refractivity contribution in [1.82, 2.24) is 20.2 Å². The van der Waals surface area contributed by atoms with Crippen molar-refractivity contribution in [3.05, 3.63) is 53.2 Å². The first-order chi connectivity index (χ1) is 17.2. The molecule has 4 rings (SSSR count). The molecule has 1 aromatic heterocycles. The molecular weight excluding hydrogens is 505 g/mol. The minimum absolute atomic E-state index is 0.0735. The van der Waals surface area contributed by atoms with Crippen LogP contribution in [0.25, 0.3) is 22.0 Å². The lowest BCUT2D eigenvalue weighted by atomic mass is 10.0. The van der Waals surface area contributed by atoms with E-state index in [9.17, 15) is 9.59 Å². The zero-order valence-corrected chi connectivity index (χ0v) is 21.5. The van der Waals surface area contributed by atoms with Crippen LogP contribution in [0, 0.1) is 0 Å². The zero-order chi connectivity index (χ0) is 26.0. The van der Waals surface area contributed by atoms with Gasteiger partial charge >= 0.3 is 0 Å². The highest BCUT2D eigenvalue weighted by molar-refractivity contribution is 6.41. The van der Waals surface area contributed by atoms with Crippen LogP contribution in [0.15, 0.2) is 43.1 Å². The quantitative estimate of drug-likeness (QED) is 0.446. The molecule has 0 bridgehead atoms. The Hall–Kier alpha value is -3.56. The maximum atomic E-state index is 11.9. The molecule has 2 N–H and O–H groups in total. The molecule has 2 atom stereocenters. The van der Waals surface area contributed by atoms with Crippen molar-refractivity contribution >= 4 is 51.9 Å². The average molecular weight is 530 g/mol. The van der Waals surface area contributed by atoms with E-state index in [1.807, 2.05) is 18.2 Å². The molecule has 1 aliphatic rings. The predicted molar refractivity (Wildman–Crippen MR) is 140 cm³/mol. The van der Waals surface area contributed by atoms with Gasteiger partial charge in [-0.3, -0.25) is 9.59 Å². The van der Waals surface area contributed by atoms with Crippen LogP contribution >= 0.6 is 23.2 Å². The fourth-order valence-corrected chi connectivity index (χ4v) is 4.88. The van der Waals surface area contributed by atoms with E-state index in [1.165, 1.54) is 27.2 Å². The number of halogens is 2. The van der Waals surface area contributed by atoms with E-state index in [0.717, 1.165) is 10.9 Å². The van der Waals surface area contributed by atoms with E-state index in [0.29, 0.717) is 51.7 Å². The monoisotopic (exact) mass is 529 g/mol. The average Bonchev–Trinajstić information content (AvgIpc) is 3.26. The van der Waals surface area contributed by atoms with E-state index >= 15 is 0 Å². The third-order valence-corrected chi connectivity index (χ3v) is 6.79. The Kier molecular flexibility index (Phi) is 7.51. The fraction of sp³-hybridized carbons (Fsp3) is 0.280. The molecule has 0 radical (unpaired) electrons. The number of carbonyl (C=O) groups is 2. The van der Waals surface area contributed by atoms with Gasteiger partial charge in [-0.1, -0.05) is 35.8 Å². The summed E-state index contributed by atoms with van der Waals surface area (Å²) in [5.74, 6) is 0.880. The Bertz CT molecular complexity index is 1320. The Labute approximate surface area is 218 Å². The molecule has 1 aliphatic heterocycles. The Morgan fingerprint density at radius 3 is 2.39 bits per heavy atom. The summed E-state index contributed by atoms with van der Waals surface area (Å²) in [6.45, 7) is 5.78. The van der Waals surface area contributed by atoms with Gasteiger partial charge in [0, 0.05) is 43.2 Å². The second kappa shape index (κ2) is 10.6. The summed E-state index contributed by atoms with van der Waals surface area (Å²) in [6.07, 6.45) is 2.89. The zero-order valence-electron chi connectivity index (χ0n) is 20.0. The third kappa shape index (κ3) is 5.03. The maximum Gasteiger partial charge on any atom is 0.243 e. The summed E-state index contributed by atoms with van der Waals surface area (Å²) in [4.78, 5) is 34.5. The first-order valence-corrected chi connectivity index (χ1v) is 11.8. The van der Waals surface area contributed by atoms with E-state index < -0.39 is 0 Å². The predicted octanol–water partition coefficient (Wildman–Crippen LogP) is 3.93. The van der Waals surface area contributed by atoms with E-state index in [4.69, 9.17) is 32.7 Å². The van der Waals surface area contributed by atoms with Gasteiger partial charge in [0.05, 0.1) is 41.9 Å². The molecule has 9 nitrogen and oxygen atoms in total. The molecule has 0 aliphatic carbocycles. The number of nitrogens with zero attached hydrogens (tertiary/aromatic N) is 3. The number of rotatable bonds is 7. The smallest absolute Gasteiger partial charge is 0.243 e. The normalized spacial score (nSPS) is 17.1. The third-order valence-electron chi connectivity index (χ3n) is 6.03. The molecule has 2 aromatic carbocycles. The number of anilines is 1. The Morgan fingerprint density at radius 1 is 1.11 bits per heavy atom. The van der Waals surface area contributed by atoms with Crippen molar-refractivity contribution in [2.45, 2.75) is 19.0 Å². The van der Waals surface area contributed by atoms with E-state index in [-0.39, 0.29) is 23.9 Å². The molecule has 2 heterocycles. The summed E-state index contributed by atoms with van der Waals surface area (Å²) >= 11 is 13.1. The van der Waals surface area contributed by atoms with Crippen LogP contribution in [0.4, 0.5) is 5.95 Å². The second-order valence-corrected chi connectivity index (χ2v) is 9.00. The Morgan fingerprint density at radius 2 is 1.78 bits per heavy atom. The molecular formula is C25H25Cl2N5O4. The number of methoxy groups -OCH3 is 2. The van der Waals surface area contributed by atoms with Crippen molar-refractivity contribution in [1.29, 1.82) is 0 Å². The molecule has 11 heteroatoms. The minimum atomic E-state index is -0.312. The van der Waals surface area contributed by atoms with Crippen LogP contribution in [0.1, 0.15) is 6.92 Å². The number of fused-ring (bicyclic) bond motifs is 1. The van der Waals surface area contributed by atoms with Crippen molar-refractivity contribution < 1.29 is 19.1 Å². The number of amides is 2. The van der Waals surface area contributed by atoms with Gasteiger partial charge in [0.15, 0.2) is 0 Å². The van der Waals surface area contributed by atoms with Crippen molar-refractivity contribution in [3.63, 3.8) is 0 Å². The highest BCUT2D eigenvalue weighted by Crippen LogP contribution is 2.46. The van der Waals surface area contributed by atoms with Gasteiger partial charge in [-0.2, -0.15) is 0 Å². The van der Waals surface area contributed by atoms with Crippen molar-refractivity contribution in [2.24, 2.45) is 0 Å². The highest BCUT2D eigenvalue weighted by atomic mass is 35.5. The first kappa shape index (κ1) is 25.5. The fourth-order valence-electron chi connectivity index (χ4n) is 4.16. The second-order valence-electron chi connectivity index (χ2n) is 8.25. The van der Waals surface area contributed by atoms with Gasteiger partial charge in [0.25, 0.3) is 0 Å². The molecule has 1 saturated heterocycles. The summed E-state index contributed by atoms with van der Waals surface area (Å²) in [5.41, 5.74) is 2.01. The number of hydrogen-bond acceptors (Lipinski definition) is 7. The lowest BCUT2D eigenvalue weighted by Gasteiger charge is -2.20. The molecule has 2 amide bonds. The topological polar surface area (TPSA) is 106 Å². The number of hydrogen-bond donors (Lipinski definition) is 2. The number of likely N-dealkylation sites (tertiary alicyclic amines) is 1. The standard InChI is InChI=1S/C25H25Cl2N5O4/c1-5-21(34)29-17-11-32(13(2)33)12-18(17)31-25-28-10-15-8-14(6-7-16(15)30-25)22-23(26)19(35-3)9-20(36-4)24(22)27/h5-10,17-18H,1,11-12H2,2-4H3,(H,29,34)(H,28,30,31)/t17-,18?/m1/s1. The molecule has 36 heavy (non-hydrogen) atoms. The van der Waals surface area contributed by atoms with Gasteiger partial charge in [0.2, 0.25) is 17.8 Å². The van der Waals surface area contributed by atoms with E-state index in [1.54, 1.807) is 17.2 Å². The maximum absolute atomic E-state index is 11.9. The number of nitrogens with one attached hydrogen (secondary N) is 2. The molecule has 0 saturated carbocycles. The van der Waals surface area contributed by atoms with Gasteiger partial charge < -0.3 is 25.0 Å². The van der Waals surface area contributed by atoms with Crippen LogP contribution in [-0.2, 0) is 9.59 Å². The molecule has 0 spiro atoms. The lowest BCUT2D eigenvalue weighted by molar-refractivity contribution is -0.128. The molecule has 1 fully saturated rings. The van der Waals surface area contributed by atoms with Crippen LogP contribution < -0.4 is 20.1 Å². The highest BCUT2D eigenvalue weighted by Gasteiger charge is 2.35. The van der Waals surface area contributed by atoms with Crippen LogP contribution in [0.2, 0.25) is 10.0 Å². The van der Waals surface area contributed by atoms with Gasteiger partial charge in [-0.05, 0) is 23.8 Å². The summed E-state index contributed by atoms with van der Waals surface area (Å²) in [5, 5.41) is 7.61. The molecule has 3 aromatic rings. The van der Waals surface area contributed by atoms with Crippen LogP contribution in [0.3, 0.4) is 0 Å². The number of ether oxygens (including phenoxy) is 2. The number of carbonyl (C=O) groups excluding carboxylic acids is 2. The summed E-state index contributed by atoms with van der Waals surface area (Å²) in [6, 6.07) is 6.63. The number of aromatic nitrogens is 2. The SMILES string of the molecule is C=CC(=O)N[C@@H]1CN(C(C)=O)CC1Nc1ncc2cc(-c3c(Cl)c(OC)cc(OC)c3Cl)ccc2n1. The first-order valence-electron chi connectivity index (χ1n) is 11.1. The van der Waals surface area contributed by atoms with E-state index in [2.05, 4.69) is 27.2 Å². The summed E-state index contributed by atoms with van der Waals surface area (Å²) < 4.78 is 10.7. The Balaban J connectivity index is 1.64. The largest absolute Gasteiger partial charge is 0.495 e. The van der Waals surface area contributed by atoms with Crippen LogP contribution in [0.5, 0.6) is 11.5 Å². The van der Waals surface area contributed by atoms with Gasteiger partial charge in [0.1, 0.15) is 11.5 Å². The van der Waals surface area contributed by atoms with Gasteiger partial charge in [-0.15, -0.1) is 0 Å². The van der Waals surface area contributed by atoms with Crippen LogP contribution in [-0.4, -0.2) is 66.1 Å². The van der Waals surface area contributed by atoms with Crippen molar-refractivity contribution in [2.75, 3.05) is 32.6 Å². The van der Waals surface area contributed by atoms with Crippen molar-refractivity contribution in [3.8, 4) is 22.6 Å². The molecule has 188 valence electrons. The number of benzene rings is 2. The molecule has 1 unspecified atom stereocenters.